The van der Waals surface area contributed by atoms with Crippen molar-refractivity contribution in [2.45, 2.75) is 84.0 Å². The van der Waals surface area contributed by atoms with E-state index in [4.69, 9.17) is 24.3 Å². The number of piperazine rings is 1. The quantitative estimate of drug-likeness (QED) is 0.137. The van der Waals surface area contributed by atoms with Gasteiger partial charge in [-0.1, -0.05) is 39.0 Å². The summed E-state index contributed by atoms with van der Waals surface area (Å²) in [5, 5.41) is 17.9. The summed E-state index contributed by atoms with van der Waals surface area (Å²) in [6.45, 7) is 13.0. The van der Waals surface area contributed by atoms with Crippen LogP contribution in [0.5, 0.6) is 0 Å². The van der Waals surface area contributed by atoms with Crippen LogP contribution < -0.4 is 15.1 Å². The van der Waals surface area contributed by atoms with Crippen molar-refractivity contribution in [2.75, 3.05) is 88.7 Å². The number of aromatic nitrogens is 4. The Morgan fingerprint density at radius 1 is 0.889 bits per heavy atom. The van der Waals surface area contributed by atoms with Crippen LogP contribution in [0.2, 0.25) is 0 Å². The number of pyridine rings is 1. The molecule has 17 heteroatoms. The van der Waals surface area contributed by atoms with Gasteiger partial charge >= 0.3 is 0 Å². The monoisotopic (exact) mass is 871 g/mol. The lowest BCUT2D eigenvalue weighted by Crippen LogP contribution is -2.55. The van der Waals surface area contributed by atoms with Crippen molar-refractivity contribution in [3.05, 3.63) is 72.2 Å². The van der Waals surface area contributed by atoms with Crippen molar-refractivity contribution in [1.29, 1.82) is 0 Å². The number of ether oxygens (including phenoxy) is 3. The van der Waals surface area contributed by atoms with E-state index in [-0.39, 0.29) is 61.6 Å². The van der Waals surface area contributed by atoms with Gasteiger partial charge in [0.1, 0.15) is 29.2 Å². The molecule has 16 nitrogen and oxygen atoms in total. The average molecular weight is 872 g/mol. The zero-order valence-corrected chi connectivity index (χ0v) is 37.0. The first-order valence-corrected chi connectivity index (χ1v) is 22.2. The molecule has 4 atom stereocenters. The maximum absolute atomic E-state index is 14.1. The summed E-state index contributed by atoms with van der Waals surface area (Å²) in [6, 6.07) is 15.9. The molecule has 3 amide bonds. The minimum atomic E-state index is -0.704. The fourth-order valence-electron chi connectivity index (χ4n) is 8.60. The van der Waals surface area contributed by atoms with Crippen LogP contribution in [-0.4, -0.2) is 149 Å². The van der Waals surface area contributed by atoms with Gasteiger partial charge in [0.25, 0.3) is 0 Å². The molecule has 3 aliphatic heterocycles. The van der Waals surface area contributed by atoms with Crippen LogP contribution in [0.1, 0.15) is 71.4 Å². The molecule has 6 heterocycles. The number of aliphatic hydroxyl groups is 1. The number of likely N-dealkylation sites (tertiary alicyclic amines) is 1. The number of hydrogen-bond donors (Lipinski definition) is 2. The number of halogens is 1. The molecule has 3 aromatic heterocycles. The van der Waals surface area contributed by atoms with Gasteiger partial charge in [-0.25, -0.2) is 18.9 Å². The molecule has 0 saturated carbocycles. The number of aliphatic hydroxyl groups excluding tert-OH is 1. The number of rotatable bonds is 18. The SMILES string of the molecule is C[C@@H]1C[C@@H](O)CN1C(=O)[C@@H](NC(=O)CCOCCOCCOCCC(=O)N1CCN(c2cccc(-c3cnc4ccc(N5CCC[C@@H]5c5cccc(F)c5)nn34)n2)CC1)C(C)(C)C. The second kappa shape index (κ2) is 21.0. The highest BCUT2D eigenvalue weighted by atomic mass is 19.1. The predicted octanol–water partition coefficient (Wildman–Crippen LogP) is 4.26. The van der Waals surface area contributed by atoms with E-state index in [0.29, 0.717) is 71.3 Å². The first-order chi connectivity index (χ1) is 30.4. The molecular weight excluding hydrogens is 810 g/mol. The summed E-state index contributed by atoms with van der Waals surface area (Å²) in [7, 11) is 0. The van der Waals surface area contributed by atoms with E-state index in [1.807, 2.05) is 73.5 Å². The lowest BCUT2D eigenvalue weighted by molar-refractivity contribution is -0.140. The Balaban J connectivity index is 0.774. The third-order valence-electron chi connectivity index (χ3n) is 12.0. The molecule has 3 saturated heterocycles. The van der Waals surface area contributed by atoms with Gasteiger partial charge in [0.15, 0.2) is 5.65 Å². The number of carbonyl (C=O) groups is 3. The van der Waals surface area contributed by atoms with E-state index < -0.39 is 17.6 Å². The molecule has 3 fully saturated rings. The minimum absolute atomic E-state index is 0.0440. The van der Waals surface area contributed by atoms with E-state index in [0.717, 1.165) is 48.0 Å². The predicted molar refractivity (Wildman–Crippen MR) is 236 cm³/mol. The Labute approximate surface area is 368 Å². The Morgan fingerprint density at radius 2 is 1.60 bits per heavy atom. The van der Waals surface area contributed by atoms with Gasteiger partial charge in [-0.05, 0) is 73.6 Å². The summed E-state index contributed by atoms with van der Waals surface area (Å²) >= 11 is 0. The van der Waals surface area contributed by atoms with Gasteiger partial charge in [0.05, 0.1) is 70.1 Å². The van der Waals surface area contributed by atoms with Crippen molar-refractivity contribution in [3.63, 3.8) is 0 Å². The zero-order valence-electron chi connectivity index (χ0n) is 37.0. The number of anilines is 2. The highest BCUT2D eigenvalue weighted by molar-refractivity contribution is 5.88. The van der Waals surface area contributed by atoms with Gasteiger partial charge in [-0.2, -0.15) is 0 Å². The number of hydrogen-bond acceptors (Lipinski definition) is 12. The maximum atomic E-state index is 14.1. The summed E-state index contributed by atoms with van der Waals surface area (Å²) in [5.74, 6) is 0.988. The van der Waals surface area contributed by atoms with Gasteiger partial charge in [-0.15, -0.1) is 5.10 Å². The second-order valence-corrected chi connectivity index (χ2v) is 17.7. The van der Waals surface area contributed by atoms with Crippen molar-refractivity contribution in [1.82, 2.24) is 34.7 Å². The van der Waals surface area contributed by atoms with Crippen molar-refractivity contribution in [3.8, 4) is 11.4 Å². The van der Waals surface area contributed by atoms with Crippen LogP contribution in [-0.2, 0) is 28.6 Å². The minimum Gasteiger partial charge on any atom is -0.391 e. The van der Waals surface area contributed by atoms with Gasteiger partial charge in [0.2, 0.25) is 17.7 Å². The molecule has 0 unspecified atom stereocenters. The lowest BCUT2D eigenvalue weighted by atomic mass is 9.85. The van der Waals surface area contributed by atoms with E-state index in [1.54, 1.807) is 23.2 Å². The van der Waals surface area contributed by atoms with Crippen molar-refractivity contribution < 1.29 is 38.1 Å². The summed E-state index contributed by atoms with van der Waals surface area (Å²) in [6.07, 6.45) is 4.09. The fourth-order valence-corrected chi connectivity index (χ4v) is 8.60. The maximum Gasteiger partial charge on any atom is 0.246 e. The molecule has 4 aromatic rings. The summed E-state index contributed by atoms with van der Waals surface area (Å²) in [4.78, 5) is 56.4. The molecule has 0 aliphatic carbocycles. The van der Waals surface area contributed by atoms with Crippen LogP contribution in [0, 0.1) is 11.2 Å². The number of amides is 3. The molecule has 0 bridgehead atoms. The standard InChI is InChI=1S/C46H62FN9O7/c1-32-28-35(57)31-55(32)45(60)44(46(2,3)4)50-42(58)15-22-61-24-26-63-27-25-62-23-16-43(59)53-20-18-52(19-21-53)40-12-6-10-36(49-40)38-30-48-39-13-14-41(51-56(38)39)54-17-7-11-37(54)33-8-5-9-34(47)29-33/h5-6,8-10,12-14,29-30,32,35,37,44,57H,7,11,15-28,31H2,1-4H3,(H,50,58)/t32-,35-,37-,44-/m1/s1. The highest BCUT2D eigenvalue weighted by Crippen LogP contribution is 2.36. The smallest absolute Gasteiger partial charge is 0.246 e. The molecule has 0 radical (unpaired) electrons. The molecule has 7 rings (SSSR count). The van der Waals surface area contributed by atoms with Gasteiger partial charge < -0.3 is 44.2 Å². The molecule has 63 heavy (non-hydrogen) atoms. The molecule has 340 valence electrons. The summed E-state index contributed by atoms with van der Waals surface area (Å²) < 4.78 is 32.7. The van der Waals surface area contributed by atoms with Gasteiger partial charge in [0, 0.05) is 51.7 Å². The Morgan fingerprint density at radius 3 is 2.30 bits per heavy atom. The topological polar surface area (TPSA) is 167 Å². The van der Waals surface area contributed by atoms with E-state index >= 15 is 0 Å². The number of nitrogens with zero attached hydrogens (tertiary/aromatic N) is 8. The average Bonchev–Trinajstić information content (AvgIpc) is 4.02. The first-order valence-electron chi connectivity index (χ1n) is 22.2. The third-order valence-corrected chi connectivity index (χ3v) is 12.0. The molecule has 0 spiro atoms. The molecular formula is C46H62FN9O7. The number of nitrogens with one attached hydrogen (secondary N) is 1. The largest absolute Gasteiger partial charge is 0.391 e. The van der Waals surface area contributed by atoms with Crippen molar-refractivity contribution in [2.24, 2.45) is 5.41 Å². The fraction of sp³-hybridized carbons (Fsp3) is 0.565. The number of carbonyl (C=O) groups excluding carboxylic acids is 3. The highest BCUT2D eigenvalue weighted by Gasteiger charge is 2.40. The molecule has 2 N–H and O–H groups in total. The number of fused-ring (bicyclic) bond motifs is 1. The normalized spacial score (nSPS) is 19.9. The Kier molecular flexibility index (Phi) is 15.2. The third kappa shape index (κ3) is 11.7. The van der Waals surface area contributed by atoms with Crippen LogP contribution in [0.25, 0.3) is 17.0 Å². The number of imidazole rings is 1. The van der Waals surface area contributed by atoms with Crippen LogP contribution in [0.15, 0.2) is 60.8 Å². The van der Waals surface area contributed by atoms with E-state index in [1.165, 1.54) is 6.07 Å². The van der Waals surface area contributed by atoms with Crippen molar-refractivity contribution >= 4 is 35.0 Å². The molecule has 1 aromatic carbocycles. The Bertz CT molecular complexity index is 2170. The van der Waals surface area contributed by atoms with Crippen LogP contribution in [0.4, 0.5) is 16.0 Å². The van der Waals surface area contributed by atoms with E-state index in [9.17, 15) is 23.9 Å². The number of benzene rings is 1. The molecule has 3 aliphatic rings. The van der Waals surface area contributed by atoms with Crippen LogP contribution in [0.3, 0.4) is 0 Å². The lowest BCUT2D eigenvalue weighted by Gasteiger charge is -2.35. The van der Waals surface area contributed by atoms with Crippen LogP contribution >= 0.6 is 0 Å². The first kappa shape index (κ1) is 45.8. The Hall–Kier alpha value is -5.23. The number of β-amino-alcohol motifs (C(OH)–C–C–N with tert-alkyl or cyclic N) is 1. The van der Waals surface area contributed by atoms with Gasteiger partial charge in [-0.3, -0.25) is 14.4 Å². The van der Waals surface area contributed by atoms with E-state index in [2.05, 4.69) is 20.1 Å². The second-order valence-electron chi connectivity index (χ2n) is 17.7. The zero-order chi connectivity index (χ0) is 44.5. The summed E-state index contributed by atoms with van der Waals surface area (Å²) in [5.41, 5.74) is 2.68.